The molecule has 0 aromatic heterocycles. The molecule has 21 heavy (non-hydrogen) atoms. The molecule has 2 aromatic rings. The Bertz CT molecular complexity index is 623. The second-order valence-corrected chi connectivity index (χ2v) is 4.86. The van der Waals surface area contributed by atoms with Crippen LogP contribution >= 0.6 is 0 Å². The van der Waals surface area contributed by atoms with Gasteiger partial charge in [-0.25, -0.2) is 4.79 Å². The summed E-state index contributed by atoms with van der Waals surface area (Å²) in [5, 5.41) is 9.13. The number of aromatic carboxylic acids is 1. The molecule has 0 saturated carbocycles. The Morgan fingerprint density at radius 1 is 1.24 bits per heavy atom. The molecule has 0 spiro atoms. The first-order chi connectivity index (χ1) is 10.1. The summed E-state index contributed by atoms with van der Waals surface area (Å²) in [5.74, 6) is -0.451. The van der Waals surface area contributed by atoms with Gasteiger partial charge in [0.15, 0.2) is 0 Å². The summed E-state index contributed by atoms with van der Waals surface area (Å²) < 4.78 is 5.69. The van der Waals surface area contributed by atoms with Gasteiger partial charge in [0.1, 0.15) is 5.75 Å². The fraction of sp³-hybridized carbons (Fsp3) is 0.235. The van der Waals surface area contributed by atoms with Crippen LogP contribution in [0.5, 0.6) is 5.75 Å². The van der Waals surface area contributed by atoms with Crippen molar-refractivity contribution in [2.24, 2.45) is 0 Å². The maximum Gasteiger partial charge on any atom is 0.335 e. The zero-order valence-corrected chi connectivity index (χ0v) is 12.0. The van der Waals surface area contributed by atoms with Gasteiger partial charge >= 0.3 is 5.97 Å². The highest BCUT2D eigenvalue weighted by molar-refractivity contribution is 5.90. The summed E-state index contributed by atoms with van der Waals surface area (Å²) in [5.41, 5.74) is 8.57. The zero-order valence-electron chi connectivity index (χ0n) is 12.0. The van der Waals surface area contributed by atoms with Crippen molar-refractivity contribution in [2.75, 3.05) is 12.3 Å². The maximum atomic E-state index is 11.1. The van der Waals surface area contributed by atoms with E-state index in [2.05, 4.69) is 0 Å². The van der Waals surface area contributed by atoms with Crippen LogP contribution in [0.1, 0.15) is 34.8 Å². The van der Waals surface area contributed by atoms with Gasteiger partial charge in [-0.2, -0.15) is 0 Å². The van der Waals surface area contributed by atoms with E-state index in [4.69, 9.17) is 15.6 Å². The van der Waals surface area contributed by atoms with Crippen LogP contribution in [0.25, 0.3) is 0 Å². The number of nitrogen functional groups attached to an aromatic ring is 1. The lowest BCUT2D eigenvalue weighted by Gasteiger charge is -2.15. The largest absolute Gasteiger partial charge is 0.493 e. The number of nitrogens with two attached hydrogens (primary N) is 1. The molecule has 0 bridgehead atoms. The third kappa shape index (κ3) is 3.75. The Hall–Kier alpha value is -2.49. The van der Waals surface area contributed by atoms with E-state index < -0.39 is 5.97 Å². The second kappa shape index (κ2) is 6.79. The first kappa shape index (κ1) is 14.9. The molecule has 0 saturated heterocycles. The van der Waals surface area contributed by atoms with Crippen molar-refractivity contribution in [3.63, 3.8) is 0 Å². The molecule has 0 aliphatic heterocycles. The minimum Gasteiger partial charge on any atom is -0.493 e. The quantitative estimate of drug-likeness (QED) is 0.798. The van der Waals surface area contributed by atoms with E-state index in [1.165, 1.54) is 6.07 Å². The third-order valence-corrected chi connectivity index (χ3v) is 3.18. The summed E-state index contributed by atoms with van der Waals surface area (Å²) in [6.07, 6.45) is 1.47. The van der Waals surface area contributed by atoms with Crippen LogP contribution < -0.4 is 10.5 Å². The number of rotatable bonds is 6. The normalized spacial score (nSPS) is 10.3. The maximum absolute atomic E-state index is 11.1. The number of carbonyl (C=O) groups is 1. The average molecular weight is 285 g/mol. The first-order valence-electron chi connectivity index (χ1n) is 6.94. The van der Waals surface area contributed by atoms with Crippen molar-refractivity contribution in [1.82, 2.24) is 0 Å². The Morgan fingerprint density at radius 3 is 2.57 bits per heavy atom. The number of hydrogen-bond acceptors (Lipinski definition) is 3. The average Bonchev–Trinajstić information content (AvgIpc) is 2.48. The van der Waals surface area contributed by atoms with Crippen LogP contribution in [0.3, 0.4) is 0 Å². The lowest BCUT2D eigenvalue weighted by molar-refractivity contribution is 0.0696. The van der Waals surface area contributed by atoms with Crippen molar-refractivity contribution >= 4 is 11.7 Å². The molecule has 0 unspecified atom stereocenters. The smallest absolute Gasteiger partial charge is 0.335 e. The molecule has 0 fully saturated rings. The third-order valence-electron chi connectivity index (χ3n) is 3.18. The Labute approximate surface area is 124 Å². The van der Waals surface area contributed by atoms with Gasteiger partial charge in [-0.15, -0.1) is 0 Å². The Balaban J connectivity index is 2.39. The first-order valence-corrected chi connectivity index (χ1v) is 6.94. The van der Waals surface area contributed by atoms with Crippen molar-refractivity contribution in [3.05, 3.63) is 59.2 Å². The predicted octanol–water partition coefficient (Wildman–Crippen LogP) is 3.35. The predicted molar refractivity (Wildman–Crippen MR) is 82.8 cm³/mol. The highest BCUT2D eigenvalue weighted by atomic mass is 16.5. The van der Waals surface area contributed by atoms with Gasteiger partial charge in [0.25, 0.3) is 0 Å². The molecule has 4 nitrogen and oxygen atoms in total. The molecule has 110 valence electrons. The minimum absolute atomic E-state index is 0.149. The van der Waals surface area contributed by atoms with Crippen molar-refractivity contribution in [1.29, 1.82) is 0 Å². The SMILES string of the molecule is CCCOc1cc(C(=O)O)cc(N)c1Cc1ccccc1. The van der Waals surface area contributed by atoms with Crippen molar-refractivity contribution in [2.45, 2.75) is 19.8 Å². The van der Waals surface area contributed by atoms with Crippen LogP contribution in [0.4, 0.5) is 5.69 Å². The van der Waals surface area contributed by atoms with Crippen LogP contribution in [0.2, 0.25) is 0 Å². The van der Waals surface area contributed by atoms with E-state index in [-0.39, 0.29) is 5.56 Å². The molecule has 0 amide bonds. The molecule has 0 aliphatic rings. The highest BCUT2D eigenvalue weighted by Gasteiger charge is 2.14. The number of carboxylic acid groups (broad SMARTS) is 1. The van der Waals surface area contributed by atoms with E-state index in [1.807, 2.05) is 37.3 Å². The molecule has 2 rings (SSSR count). The molecule has 0 atom stereocenters. The topological polar surface area (TPSA) is 72.5 Å². The van der Waals surface area contributed by atoms with Gasteiger partial charge in [-0.1, -0.05) is 37.3 Å². The molecule has 4 heteroatoms. The van der Waals surface area contributed by atoms with Crippen molar-refractivity contribution in [3.8, 4) is 5.75 Å². The number of carboxylic acids is 1. The lowest BCUT2D eigenvalue weighted by atomic mass is 10.00. The van der Waals surface area contributed by atoms with Crippen LogP contribution in [0, 0.1) is 0 Å². The fourth-order valence-corrected chi connectivity index (χ4v) is 2.12. The van der Waals surface area contributed by atoms with E-state index in [0.29, 0.717) is 24.5 Å². The highest BCUT2D eigenvalue weighted by Crippen LogP contribution is 2.29. The Kier molecular flexibility index (Phi) is 4.82. The molecule has 0 heterocycles. The number of benzene rings is 2. The zero-order chi connectivity index (χ0) is 15.2. The number of anilines is 1. The van der Waals surface area contributed by atoms with E-state index >= 15 is 0 Å². The van der Waals surface area contributed by atoms with Gasteiger partial charge in [-0.3, -0.25) is 0 Å². The fourth-order valence-electron chi connectivity index (χ4n) is 2.12. The summed E-state index contributed by atoms with van der Waals surface area (Å²) >= 11 is 0. The van der Waals surface area contributed by atoms with Gasteiger partial charge in [0.05, 0.1) is 12.2 Å². The van der Waals surface area contributed by atoms with Crippen LogP contribution in [-0.2, 0) is 6.42 Å². The van der Waals surface area contributed by atoms with Gasteiger partial charge < -0.3 is 15.6 Å². The number of ether oxygens (including phenoxy) is 1. The summed E-state index contributed by atoms with van der Waals surface area (Å²) in [4.78, 5) is 11.1. The minimum atomic E-state index is -1.01. The van der Waals surface area contributed by atoms with Crippen molar-refractivity contribution < 1.29 is 14.6 Å². The molecular weight excluding hydrogens is 266 g/mol. The van der Waals surface area contributed by atoms with Gasteiger partial charge in [0.2, 0.25) is 0 Å². The molecule has 0 aliphatic carbocycles. The van der Waals surface area contributed by atoms with E-state index in [1.54, 1.807) is 6.07 Å². The Morgan fingerprint density at radius 2 is 1.95 bits per heavy atom. The summed E-state index contributed by atoms with van der Waals surface area (Å²) in [7, 11) is 0. The van der Waals surface area contributed by atoms with Gasteiger partial charge in [-0.05, 0) is 24.1 Å². The van der Waals surface area contributed by atoms with E-state index in [0.717, 1.165) is 17.5 Å². The standard InChI is InChI=1S/C17H19NO3/c1-2-8-21-16-11-13(17(19)20)10-15(18)14(16)9-12-6-4-3-5-7-12/h3-7,10-11H,2,8-9,18H2,1H3,(H,19,20). The molecular formula is C17H19NO3. The van der Waals surface area contributed by atoms with Gasteiger partial charge in [0, 0.05) is 17.7 Å². The molecule has 0 radical (unpaired) electrons. The summed E-state index contributed by atoms with van der Waals surface area (Å²) in [6.45, 7) is 2.53. The van der Waals surface area contributed by atoms with Crippen LogP contribution in [-0.4, -0.2) is 17.7 Å². The second-order valence-electron chi connectivity index (χ2n) is 4.86. The molecule has 2 aromatic carbocycles. The van der Waals surface area contributed by atoms with E-state index in [9.17, 15) is 4.79 Å². The summed E-state index contributed by atoms with van der Waals surface area (Å²) in [6, 6.07) is 12.9. The monoisotopic (exact) mass is 285 g/mol. The lowest BCUT2D eigenvalue weighted by Crippen LogP contribution is -2.07. The molecule has 3 N–H and O–H groups in total. The van der Waals surface area contributed by atoms with Crippen LogP contribution in [0.15, 0.2) is 42.5 Å². The number of hydrogen-bond donors (Lipinski definition) is 2.